The van der Waals surface area contributed by atoms with Gasteiger partial charge in [0.15, 0.2) is 0 Å². The van der Waals surface area contributed by atoms with Crippen molar-refractivity contribution in [1.29, 1.82) is 0 Å². The van der Waals surface area contributed by atoms with Crippen molar-refractivity contribution in [2.24, 2.45) is 5.92 Å². The Morgan fingerprint density at radius 1 is 1.46 bits per heavy atom. The number of nitrogens with zero attached hydrogens (tertiary/aromatic N) is 1. The van der Waals surface area contributed by atoms with Gasteiger partial charge in [-0.2, -0.15) is 0 Å². The van der Waals surface area contributed by atoms with Crippen molar-refractivity contribution in [3.63, 3.8) is 0 Å². The number of alkyl halides is 1. The number of hydrogen-bond acceptors (Lipinski definition) is 1. The number of rotatable bonds is 6. The predicted molar refractivity (Wildman–Crippen MR) is 57.0 cm³/mol. The molecule has 0 aliphatic rings. The zero-order chi connectivity index (χ0) is 10.3. The Balaban J connectivity index is 3.85. The van der Waals surface area contributed by atoms with Crippen molar-refractivity contribution < 1.29 is 4.79 Å². The first-order chi connectivity index (χ1) is 6.11. The van der Waals surface area contributed by atoms with E-state index in [1.165, 1.54) is 0 Å². The Labute approximate surface area is 86.2 Å². The molecule has 0 saturated carbocycles. The van der Waals surface area contributed by atoms with Gasteiger partial charge in [0.05, 0.1) is 0 Å². The molecule has 0 aromatic carbocycles. The maximum Gasteiger partial charge on any atom is 0.222 e. The van der Waals surface area contributed by atoms with Crippen molar-refractivity contribution in [3.8, 4) is 0 Å². The summed E-state index contributed by atoms with van der Waals surface area (Å²) in [6, 6.07) is 0. The topological polar surface area (TPSA) is 20.3 Å². The average molecular weight is 206 g/mol. The second-order valence-electron chi connectivity index (χ2n) is 3.62. The van der Waals surface area contributed by atoms with Crippen molar-refractivity contribution in [1.82, 2.24) is 4.90 Å². The van der Waals surface area contributed by atoms with E-state index in [0.29, 0.717) is 18.2 Å². The maximum absolute atomic E-state index is 11.5. The van der Waals surface area contributed by atoms with Crippen LogP contribution in [-0.4, -0.2) is 29.8 Å². The highest BCUT2D eigenvalue weighted by atomic mass is 35.5. The number of amides is 1. The fraction of sp³-hybridized carbons (Fsp3) is 0.900. The highest BCUT2D eigenvalue weighted by Gasteiger charge is 2.11. The average Bonchev–Trinajstić information content (AvgIpc) is 2.09. The van der Waals surface area contributed by atoms with Gasteiger partial charge >= 0.3 is 0 Å². The molecular formula is C10H20ClNO. The van der Waals surface area contributed by atoms with Gasteiger partial charge in [-0.1, -0.05) is 13.8 Å². The summed E-state index contributed by atoms with van der Waals surface area (Å²) >= 11 is 5.53. The zero-order valence-corrected chi connectivity index (χ0v) is 9.60. The lowest BCUT2D eigenvalue weighted by molar-refractivity contribution is -0.131. The van der Waals surface area contributed by atoms with Crippen LogP contribution in [0.25, 0.3) is 0 Å². The molecule has 0 aromatic rings. The van der Waals surface area contributed by atoms with E-state index in [-0.39, 0.29) is 5.91 Å². The van der Waals surface area contributed by atoms with Crippen molar-refractivity contribution >= 4 is 17.5 Å². The Morgan fingerprint density at radius 2 is 2.08 bits per heavy atom. The summed E-state index contributed by atoms with van der Waals surface area (Å²) < 4.78 is 0. The molecule has 0 saturated heterocycles. The third-order valence-corrected chi connectivity index (χ3v) is 2.11. The van der Waals surface area contributed by atoms with Gasteiger partial charge in [0.25, 0.3) is 0 Å². The summed E-state index contributed by atoms with van der Waals surface area (Å²) in [4.78, 5) is 13.4. The lowest BCUT2D eigenvalue weighted by Crippen LogP contribution is -2.33. The SMILES string of the molecule is CCN(CC(C)C)C(=O)CCCCl. The van der Waals surface area contributed by atoms with Gasteiger partial charge in [0.1, 0.15) is 0 Å². The Bertz CT molecular complexity index is 148. The lowest BCUT2D eigenvalue weighted by Gasteiger charge is -2.22. The van der Waals surface area contributed by atoms with Crippen LogP contribution in [0.1, 0.15) is 33.6 Å². The molecule has 0 spiro atoms. The number of halogens is 1. The van der Waals surface area contributed by atoms with Crippen LogP contribution in [0.2, 0.25) is 0 Å². The summed E-state index contributed by atoms with van der Waals surface area (Å²) in [5, 5.41) is 0. The summed E-state index contributed by atoms with van der Waals surface area (Å²) in [5.41, 5.74) is 0. The van der Waals surface area contributed by atoms with Crippen molar-refractivity contribution in [3.05, 3.63) is 0 Å². The Morgan fingerprint density at radius 3 is 2.46 bits per heavy atom. The predicted octanol–water partition coefficient (Wildman–Crippen LogP) is 2.51. The molecule has 78 valence electrons. The lowest BCUT2D eigenvalue weighted by atomic mass is 10.2. The fourth-order valence-electron chi connectivity index (χ4n) is 1.22. The minimum Gasteiger partial charge on any atom is -0.343 e. The number of carbonyl (C=O) groups is 1. The van der Waals surface area contributed by atoms with Crippen LogP contribution in [0.15, 0.2) is 0 Å². The summed E-state index contributed by atoms with van der Waals surface area (Å²) in [6.45, 7) is 7.92. The van der Waals surface area contributed by atoms with Gasteiger partial charge in [0.2, 0.25) is 5.91 Å². The van der Waals surface area contributed by atoms with E-state index in [4.69, 9.17) is 11.6 Å². The minimum absolute atomic E-state index is 0.233. The molecule has 0 aromatic heterocycles. The molecule has 0 bridgehead atoms. The quantitative estimate of drug-likeness (QED) is 0.611. The van der Waals surface area contributed by atoms with E-state index in [1.54, 1.807) is 0 Å². The molecule has 0 aliphatic carbocycles. The second-order valence-corrected chi connectivity index (χ2v) is 4.00. The molecule has 0 unspecified atom stereocenters. The Hall–Kier alpha value is -0.240. The largest absolute Gasteiger partial charge is 0.343 e. The molecule has 0 aliphatic heterocycles. The molecule has 0 heterocycles. The molecule has 0 N–H and O–H groups in total. The van der Waals surface area contributed by atoms with E-state index in [0.717, 1.165) is 19.5 Å². The molecule has 13 heavy (non-hydrogen) atoms. The van der Waals surface area contributed by atoms with Crippen LogP contribution in [0.3, 0.4) is 0 Å². The third kappa shape index (κ3) is 5.92. The van der Waals surface area contributed by atoms with Gasteiger partial charge in [-0.05, 0) is 19.3 Å². The summed E-state index contributed by atoms with van der Waals surface area (Å²) in [7, 11) is 0. The van der Waals surface area contributed by atoms with Crippen LogP contribution in [0.5, 0.6) is 0 Å². The van der Waals surface area contributed by atoms with E-state index < -0.39 is 0 Å². The summed E-state index contributed by atoms with van der Waals surface area (Å²) in [5.74, 6) is 1.35. The third-order valence-electron chi connectivity index (χ3n) is 1.84. The van der Waals surface area contributed by atoms with Crippen LogP contribution < -0.4 is 0 Å². The second kappa shape index (κ2) is 7.19. The monoisotopic (exact) mass is 205 g/mol. The minimum atomic E-state index is 0.233. The van der Waals surface area contributed by atoms with E-state index >= 15 is 0 Å². The van der Waals surface area contributed by atoms with Gasteiger partial charge < -0.3 is 4.90 Å². The molecule has 2 nitrogen and oxygen atoms in total. The normalized spacial score (nSPS) is 10.5. The van der Waals surface area contributed by atoms with Gasteiger partial charge in [-0.3, -0.25) is 4.79 Å². The summed E-state index contributed by atoms with van der Waals surface area (Å²) in [6.07, 6.45) is 1.37. The van der Waals surface area contributed by atoms with E-state index in [1.807, 2.05) is 11.8 Å². The first-order valence-corrected chi connectivity index (χ1v) is 5.49. The number of carbonyl (C=O) groups excluding carboxylic acids is 1. The molecule has 3 heteroatoms. The van der Waals surface area contributed by atoms with Crippen molar-refractivity contribution in [2.75, 3.05) is 19.0 Å². The highest BCUT2D eigenvalue weighted by Crippen LogP contribution is 2.03. The van der Waals surface area contributed by atoms with Gasteiger partial charge in [0, 0.05) is 25.4 Å². The Kier molecular flexibility index (Phi) is 7.06. The first kappa shape index (κ1) is 12.8. The molecule has 0 fully saturated rings. The van der Waals surface area contributed by atoms with Crippen LogP contribution in [0, 0.1) is 5.92 Å². The van der Waals surface area contributed by atoms with Crippen LogP contribution >= 0.6 is 11.6 Å². The zero-order valence-electron chi connectivity index (χ0n) is 8.85. The smallest absolute Gasteiger partial charge is 0.222 e. The van der Waals surface area contributed by atoms with Gasteiger partial charge in [-0.25, -0.2) is 0 Å². The van der Waals surface area contributed by atoms with Crippen LogP contribution in [0.4, 0.5) is 0 Å². The molecule has 1 amide bonds. The number of hydrogen-bond donors (Lipinski definition) is 0. The van der Waals surface area contributed by atoms with Gasteiger partial charge in [-0.15, -0.1) is 11.6 Å². The standard InChI is InChI=1S/C10H20ClNO/c1-4-12(8-9(2)3)10(13)6-5-7-11/h9H,4-8H2,1-3H3. The maximum atomic E-state index is 11.5. The van der Waals surface area contributed by atoms with E-state index in [9.17, 15) is 4.79 Å². The molecule has 0 atom stereocenters. The highest BCUT2D eigenvalue weighted by molar-refractivity contribution is 6.17. The first-order valence-electron chi connectivity index (χ1n) is 4.95. The molecule has 0 radical (unpaired) electrons. The van der Waals surface area contributed by atoms with E-state index in [2.05, 4.69) is 13.8 Å². The molecular weight excluding hydrogens is 186 g/mol. The fourth-order valence-corrected chi connectivity index (χ4v) is 1.36. The van der Waals surface area contributed by atoms with Crippen LogP contribution in [-0.2, 0) is 4.79 Å². The van der Waals surface area contributed by atoms with Crippen molar-refractivity contribution in [2.45, 2.75) is 33.6 Å². The molecule has 0 rings (SSSR count).